The molecule has 7 nitrogen and oxygen atoms in total. The Morgan fingerprint density at radius 2 is 2.11 bits per heavy atom. The first-order valence-corrected chi connectivity index (χ1v) is 8.74. The van der Waals surface area contributed by atoms with Gasteiger partial charge in [0, 0.05) is 30.6 Å². The van der Waals surface area contributed by atoms with Gasteiger partial charge in [-0.3, -0.25) is 19.8 Å². The highest BCUT2D eigenvalue weighted by Gasteiger charge is 2.26. The van der Waals surface area contributed by atoms with Crippen LogP contribution in [0.3, 0.4) is 0 Å². The van der Waals surface area contributed by atoms with Crippen LogP contribution in [0.2, 0.25) is 0 Å². The minimum atomic E-state index is -0.615. The molecule has 0 saturated carbocycles. The molecule has 1 aliphatic heterocycles. The molecule has 2 aromatic rings. The van der Waals surface area contributed by atoms with E-state index in [0.29, 0.717) is 24.4 Å². The van der Waals surface area contributed by atoms with Crippen molar-refractivity contribution in [2.24, 2.45) is 0 Å². The van der Waals surface area contributed by atoms with E-state index >= 15 is 0 Å². The van der Waals surface area contributed by atoms with Crippen molar-refractivity contribution in [3.05, 3.63) is 66.0 Å². The molecule has 2 amide bonds. The molecule has 27 heavy (non-hydrogen) atoms. The number of likely N-dealkylation sites (tertiary alicyclic amines) is 1. The number of hydroxylamine groups is 1. The van der Waals surface area contributed by atoms with Gasteiger partial charge in [0.05, 0.1) is 12.1 Å². The summed E-state index contributed by atoms with van der Waals surface area (Å²) in [5.41, 5.74) is 2.84. The van der Waals surface area contributed by atoms with E-state index in [1.165, 1.54) is 6.08 Å². The number of nitrogens with one attached hydrogen (secondary N) is 1. The molecule has 140 valence electrons. The molecule has 1 aromatic heterocycles. The van der Waals surface area contributed by atoms with Gasteiger partial charge in [-0.15, -0.1) is 0 Å². The van der Waals surface area contributed by atoms with Crippen LogP contribution in [0.1, 0.15) is 28.8 Å². The summed E-state index contributed by atoms with van der Waals surface area (Å²) in [6, 6.07) is 10.8. The minimum Gasteiger partial charge on any atom is -0.488 e. The summed E-state index contributed by atoms with van der Waals surface area (Å²) in [6.45, 7) is 1.18. The van der Waals surface area contributed by atoms with Crippen molar-refractivity contribution in [1.82, 2.24) is 15.4 Å². The molecule has 2 N–H and O–H groups in total. The largest absolute Gasteiger partial charge is 0.488 e. The van der Waals surface area contributed by atoms with E-state index in [9.17, 15) is 9.59 Å². The monoisotopic (exact) mass is 367 g/mol. The molecule has 0 spiro atoms. The van der Waals surface area contributed by atoms with Crippen LogP contribution in [-0.2, 0) is 4.79 Å². The van der Waals surface area contributed by atoms with E-state index in [1.54, 1.807) is 41.0 Å². The highest BCUT2D eigenvalue weighted by Crippen LogP contribution is 2.24. The molecular formula is C20H21N3O4. The third-order valence-electron chi connectivity index (χ3n) is 4.31. The number of carbonyl (C=O) groups is 2. The van der Waals surface area contributed by atoms with Crippen molar-refractivity contribution in [2.75, 3.05) is 13.1 Å². The van der Waals surface area contributed by atoms with Crippen LogP contribution < -0.4 is 10.2 Å². The van der Waals surface area contributed by atoms with Crippen molar-refractivity contribution >= 4 is 17.9 Å². The zero-order chi connectivity index (χ0) is 19.1. The number of pyridine rings is 1. The molecule has 1 aromatic carbocycles. The number of amides is 2. The second-order valence-corrected chi connectivity index (χ2v) is 6.22. The lowest BCUT2D eigenvalue weighted by molar-refractivity contribution is -0.124. The Hall–Kier alpha value is -3.19. The SMILES string of the molecule is O=C(/C=C/c1ccccc1O[C@@H]1CCCN(C(=O)c2cccnc2)C1)NO. The molecule has 0 unspecified atom stereocenters. The molecule has 3 rings (SSSR count). The van der Waals surface area contributed by atoms with Gasteiger partial charge in [0.1, 0.15) is 11.9 Å². The summed E-state index contributed by atoms with van der Waals surface area (Å²) in [4.78, 5) is 29.6. The molecule has 7 heteroatoms. The van der Waals surface area contributed by atoms with Crippen LogP contribution in [0, 0.1) is 0 Å². The van der Waals surface area contributed by atoms with Gasteiger partial charge in [-0.1, -0.05) is 18.2 Å². The molecule has 1 saturated heterocycles. The van der Waals surface area contributed by atoms with Gasteiger partial charge in [0.15, 0.2) is 0 Å². The molecule has 0 radical (unpaired) electrons. The van der Waals surface area contributed by atoms with Crippen LogP contribution in [-0.4, -0.2) is 46.1 Å². The summed E-state index contributed by atoms with van der Waals surface area (Å²) in [5, 5.41) is 8.59. The predicted octanol–water partition coefficient (Wildman–Crippen LogP) is 2.28. The van der Waals surface area contributed by atoms with Gasteiger partial charge in [-0.2, -0.15) is 0 Å². The third-order valence-corrected chi connectivity index (χ3v) is 4.31. The van der Waals surface area contributed by atoms with Crippen molar-refractivity contribution < 1.29 is 19.5 Å². The lowest BCUT2D eigenvalue weighted by Crippen LogP contribution is -2.44. The number of piperidine rings is 1. The molecular weight excluding hydrogens is 346 g/mol. The summed E-state index contributed by atoms with van der Waals surface area (Å²) in [5.74, 6) is -0.0416. The molecule has 0 bridgehead atoms. The first-order chi connectivity index (χ1) is 13.2. The number of hydrogen-bond donors (Lipinski definition) is 2. The Labute approximate surface area is 157 Å². The minimum absolute atomic E-state index is 0.0517. The van der Waals surface area contributed by atoms with Crippen molar-refractivity contribution in [3.63, 3.8) is 0 Å². The zero-order valence-electron chi connectivity index (χ0n) is 14.7. The zero-order valence-corrected chi connectivity index (χ0v) is 14.7. The second kappa shape index (κ2) is 8.95. The fourth-order valence-electron chi connectivity index (χ4n) is 3.00. The number of benzene rings is 1. The van der Waals surface area contributed by atoms with Crippen LogP contribution in [0.5, 0.6) is 5.75 Å². The maximum atomic E-state index is 12.6. The van der Waals surface area contributed by atoms with E-state index < -0.39 is 5.91 Å². The second-order valence-electron chi connectivity index (χ2n) is 6.22. The van der Waals surface area contributed by atoms with Crippen molar-refractivity contribution in [2.45, 2.75) is 18.9 Å². The maximum absolute atomic E-state index is 12.6. The molecule has 1 fully saturated rings. The van der Waals surface area contributed by atoms with Gasteiger partial charge in [-0.25, -0.2) is 5.48 Å². The van der Waals surface area contributed by atoms with Crippen molar-refractivity contribution in [1.29, 1.82) is 0 Å². The van der Waals surface area contributed by atoms with Gasteiger partial charge in [0.25, 0.3) is 11.8 Å². The predicted molar refractivity (Wildman–Crippen MR) is 99.2 cm³/mol. The Kier molecular flexibility index (Phi) is 6.17. The third kappa shape index (κ3) is 4.92. The summed E-state index contributed by atoms with van der Waals surface area (Å²) < 4.78 is 6.11. The number of ether oxygens (including phenoxy) is 1. The average Bonchev–Trinajstić information content (AvgIpc) is 2.73. The Bertz CT molecular complexity index is 823. The lowest BCUT2D eigenvalue weighted by atomic mass is 10.1. The normalized spacial score (nSPS) is 16.9. The fourth-order valence-corrected chi connectivity index (χ4v) is 3.00. The van der Waals surface area contributed by atoms with E-state index in [0.717, 1.165) is 18.4 Å². The van der Waals surface area contributed by atoms with E-state index in [-0.39, 0.29) is 12.0 Å². The first kappa shape index (κ1) is 18.6. The van der Waals surface area contributed by atoms with E-state index in [1.807, 2.05) is 24.3 Å². The van der Waals surface area contributed by atoms with E-state index in [2.05, 4.69) is 4.98 Å². The topological polar surface area (TPSA) is 91.8 Å². The molecule has 1 aliphatic rings. The molecule has 2 heterocycles. The van der Waals surface area contributed by atoms with Gasteiger partial charge >= 0.3 is 0 Å². The van der Waals surface area contributed by atoms with Gasteiger partial charge in [0.2, 0.25) is 0 Å². The Morgan fingerprint density at radius 1 is 1.26 bits per heavy atom. The number of aromatic nitrogens is 1. The quantitative estimate of drug-likeness (QED) is 0.481. The molecule has 1 atom stereocenters. The summed E-state index contributed by atoms with van der Waals surface area (Å²) in [6.07, 6.45) is 7.55. The number of hydrogen-bond acceptors (Lipinski definition) is 5. The number of para-hydroxylation sites is 1. The highest BCUT2D eigenvalue weighted by atomic mass is 16.5. The highest BCUT2D eigenvalue weighted by molar-refractivity contribution is 5.94. The summed E-state index contributed by atoms with van der Waals surface area (Å²) in [7, 11) is 0. The fraction of sp³-hybridized carbons (Fsp3) is 0.250. The number of nitrogens with zero attached hydrogens (tertiary/aromatic N) is 2. The van der Waals surface area contributed by atoms with E-state index in [4.69, 9.17) is 9.94 Å². The number of rotatable bonds is 5. The first-order valence-electron chi connectivity index (χ1n) is 8.74. The maximum Gasteiger partial charge on any atom is 0.267 e. The van der Waals surface area contributed by atoms with Crippen LogP contribution in [0.4, 0.5) is 0 Å². The van der Waals surface area contributed by atoms with Crippen LogP contribution >= 0.6 is 0 Å². The van der Waals surface area contributed by atoms with Gasteiger partial charge < -0.3 is 9.64 Å². The Balaban J connectivity index is 1.69. The average molecular weight is 367 g/mol. The van der Waals surface area contributed by atoms with Gasteiger partial charge in [-0.05, 0) is 37.1 Å². The summed E-state index contributed by atoms with van der Waals surface area (Å²) >= 11 is 0. The lowest BCUT2D eigenvalue weighted by Gasteiger charge is -2.33. The molecule has 0 aliphatic carbocycles. The Morgan fingerprint density at radius 3 is 2.89 bits per heavy atom. The number of carbonyl (C=O) groups excluding carboxylic acids is 2. The standard InChI is InChI=1S/C20H21N3O4/c24-19(22-26)10-9-15-5-1-2-8-18(15)27-17-7-4-12-23(14-17)20(25)16-6-3-11-21-13-16/h1-3,5-6,8-11,13,17,26H,4,7,12,14H2,(H,22,24)/b10-9+/t17-/m1/s1. The van der Waals surface area contributed by atoms with Crippen LogP contribution in [0.15, 0.2) is 54.9 Å². The van der Waals surface area contributed by atoms with Crippen LogP contribution in [0.25, 0.3) is 6.08 Å². The van der Waals surface area contributed by atoms with Crippen molar-refractivity contribution in [3.8, 4) is 5.75 Å². The smallest absolute Gasteiger partial charge is 0.267 e.